The number of fused-ring (bicyclic) bond motifs is 1. The fourth-order valence-corrected chi connectivity index (χ4v) is 5.52. The summed E-state index contributed by atoms with van der Waals surface area (Å²) < 4.78 is 3.01. The van der Waals surface area contributed by atoms with Gasteiger partial charge in [-0.2, -0.15) is 0 Å². The van der Waals surface area contributed by atoms with E-state index in [1.54, 1.807) is 11.3 Å². The second kappa shape index (κ2) is 8.02. The number of thioether (sulfide) groups is 1. The first-order valence-corrected chi connectivity index (χ1v) is 11.5. The first-order chi connectivity index (χ1) is 13.6. The molecule has 6 nitrogen and oxygen atoms in total. The van der Waals surface area contributed by atoms with Gasteiger partial charge in [0.2, 0.25) is 5.91 Å². The number of thiophene rings is 1. The van der Waals surface area contributed by atoms with Gasteiger partial charge < -0.3 is 9.88 Å². The molecule has 0 aliphatic carbocycles. The van der Waals surface area contributed by atoms with Gasteiger partial charge in [0.15, 0.2) is 16.1 Å². The summed E-state index contributed by atoms with van der Waals surface area (Å²) in [6.07, 6.45) is 0.963. The summed E-state index contributed by atoms with van der Waals surface area (Å²) in [5.41, 5.74) is 3.34. The van der Waals surface area contributed by atoms with Gasteiger partial charge in [0.1, 0.15) is 0 Å². The molecule has 3 heterocycles. The van der Waals surface area contributed by atoms with Crippen LogP contribution in [0.1, 0.15) is 17.4 Å². The van der Waals surface area contributed by atoms with Crippen molar-refractivity contribution in [2.75, 3.05) is 11.1 Å². The molecule has 144 valence electrons. The van der Waals surface area contributed by atoms with Crippen LogP contribution in [0.25, 0.3) is 21.6 Å². The molecular weight excluding hydrogens is 410 g/mol. The first kappa shape index (κ1) is 19.1. The molecule has 0 saturated carbocycles. The number of nitrogens with one attached hydrogen (secondary N) is 1. The number of rotatable bonds is 6. The van der Waals surface area contributed by atoms with E-state index in [1.165, 1.54) is 33.5 Å². The van der Waals surface area contributed by atoms with E-state index < -0.39 is 0 Å². The van der Waals surface area contributed by atoms with Gasteiger partial charge in [0.25, 0.3) is 0 Å². The zero-order valence-corrected chi connectivity index (χ0v) is 18.2. The molecule has 0 saturated heterocycles. The molecule has 0 bridgehead atoms. The zero-order chi connectivity index (χ0) is 19.7. The van der Waals surface area contributed by atoms with Crippen LogP contribution in [-0.4, -0.2) is 31.4 Å². The van der Waals surface area contributed by atoms with Crippen LogP contribution in [-0.2, 0) is 18.3 Å². The van der Waals surface area contributed by atoms with Crippen LogP contribution in [0.4, 0.5) is 5.13 Å². The van der Waals surface area contributed by atoms with Gasteiger partial charge in [-0.05, 0) is 31.0 Å². The van der Waals surface area contributed by atoms with Crippen molar-refractivity contribution < 1.29 is 4.79 Å². The average Bonchev–Trinajstić information content (AvgIpc) is 3.36. The van der Waals surface area contributed by atoms with Crippen molar-refractivity contribution >= 4 is 55.7 Å². The molecule has 28 heavy (non-hydrogen) atoms. The molecule has 0 unspecified atom stereocenters. The number of para-hydroxylation sites is 1. The summed E-state index contributed by atoms with van der Waals surface area (Å²) in [6.45, 7) is 4.28. The Labute approximate surface area is 175 Å². The second-order valence-corrected chi connectivity index (χ2v) is 9.28. The van der Waals surface area contributed by atoms with Crippen molar-refractivity contribution in [3.8, 4) is 11.4 Å². The molecule has 0 aliphatic heterocycles. The molecule has 0 fully saturated rings. The van der Waals surface area contributed by atoms with Gasteiger partial charge in [-0.3, -0.25) is 4.79 Å². The lowest BCUT2D eigenvalue weighted by atomic mass is 10.1. The van der Waals surface area contributed by atoms with E-state index in [9.17, 15) is 4.79 Å². The lowest BCUT2D eigenvalue weighted by molar-refractivity contribution is -0.113. The highest BCUT2D eigenvalue weighted by Crippen LogP contribution is 2.32. The molecule has 0 radical (unpaired) electrons. The fraction of sp³-hybridized carbons (Fsp3) is 0.263. The Kier molecular flexibility index (Phi) is 5.47. The van der Waals surface area contributed by atoms with Crippen molar-refractivity contribution in [1.82, 2.24) is 19.7 Å². The summed E-state index contributed by atoms with van der Waals surface area (Å²) in [4.78, 5) is 18.1. The number of carbonyl (C=O) groups excluding carboxylic acids is 1. The number of amides is 1. The summed E-state index contributed by atoms with van der Waals surface area (Å²) in [5, 5.41) is 15.0. The number of aryl methyl sites for hydroxylation is 1. The van der Waals surface area contributed by atoms with Gasteiger partial charge in [-0.15, -0.1) is 21.5 Å². The Bertz CT molecular complexity index is 1110. The minimum Gasteiger partial charge on any atom is -0.305 e. The number of hydrogen-bond donors (Lipinski definition) is 1. The van der Waals surface area contributed by atoms with Crippen LogP contribution in [0.3, 0.4) is 0 Å². The van der Waals surface area contributed by atoms with Gasteiger partial charge >= 0.3 is 0 Å². The van der Waals surface area contributed by atoms with Crippen molar-refractivity contribution in [1.29, 1.82) is 0 Å². The van der Waals surface area contributed by atoms with Crippen molar-refractivity contribution in [3.63, 3.8) is 0 Å². The topological polar surface area (TPSA) is 72.7 Å². The van der Waals surface area contributed by atoms with E-state index in [0.29, 0.717) is 5.13 Å². The lowest BCUT2D eigenvalue weighted by Gasteiger charge is -2.05. The maximum atomic E-state index is 12.3. The SMILES string of the molecule is CCc1c(-c2nnc(SCC(=O)Nc3nc4ccccc4s3)n2C)csc1C. The summed E-state index contributed by atoms with van der Waals surface area (Å²) in [6, 6.07) is 7.84. The first-order valence-electron chi connectivity index (χ1n) is 8.81. The van der Waals surface area contributed by atoms with Crippen LogP contribution in [0.2, 0.25) is 0 Å². The number of aromatic nitrogens is 4. The molecule has 0 spiro atoms. The Balaban J connectivity index is 1.43. The molecular formula is C19H19N5OS3. The predicted octanol–water partition coefficient (Wildman–Crippen LogP) is 4.75. The molecule has 4 aromatic rings. The summed E-state index contributed by atoms with van der Waals surface area (Å²) >= 11 is 4.58. The lowest BCUT2D eigenvalue weighted by Crippen LogP contribution is -2.14. The largest absolute Gasteiger partial charge is 0.305 e. The highest BCUT2D eigenvalue weighted by molar-refractivity contribution is 7.99. The quantitative estimate of drug-likeness (QED) is 0.448. The molecule has 3 aromatic heterocycles. The number of carbonyl (C=O) groups is 1. The normalized spacial score (nSPS) is 11.2. The maximum Gasteiger partial charge on any atom is 0.236 e. The van der Waals surface area contributed by atoms with Crippen LogP contribution >= 0.6 is 34.4 Å². The van der Waals surface area contributed by atoms with E-state index in [1.807, 2.05) is 35.9 Å². The predicted molar refractivity (Wildman–Crippen MR) is 117 cm³/mol. The molecule has 1 aromatic carbocycles. The third-order valence-electron chi connectivity index (χ3n) is 4.41. The molecule has 4 rings (SSSR count). The smallest absolute Gasteiger partial charge is 0.236 e. The van der Waals surface area contributed by atoms with Crippen LogP contribution < -0.4 is 5.32 Å². The Morgan fingerprint density at radius 2 is 2.11 bits per heavy atom. The standard InChI is InChI=1S/C19H19N5OS3/c1-4-12-11(2)26-9-13(12)17-22-23-19(24(17)3)27-10-16(25)21-18-20-14-7-5-6-8-15(14)28-18/h5-9H,4,10H2,1-3H3,(H,20,21,25). The highest BCUT2D eigenvalue weighted by Gasteiger charge is 2.17. The van der Waals surface area contributed by atoms with Crippen molar-refractivity contribution in [2.24, 2.45) is 7.05 Å². The van der Waals surface area contributed by atoms with Gasteiger partial charge in [0, 0.05) is 22.9 Å². The highest BCUT2D eigenvalue weighted by atomic mass is 32.2. The van der Waals surface area contributed by atoms with E-state index in [4.69, 9.17) is 0 Å². The molecule has 1 N–H and O–H groups in total. The molecule has 1 amide bonds. The third-order valence-corrected chi connectivity index (χ3v) is 7.33. The van der Waals surface area contributed by atoms with Crippen molar-refractivity contribution in [2.45, 2.75) is 25.4 Å². The number of benzene rings is 1. The summed E-state index contributed by atoms with van der Waals surface area (Å²) in [5.74, 6) is 0.995. The molecule has 0 atom stereocenters. The van der Waals surface area contributed by atoms with E-state index in [0.717, 1.165) is 33.2 Å². The van der Waals surface area contributed by atoms with E-state index in [2.05, 4.69) is 39.7 Å². The maximum absolute atomic E-state index is 12.3. The third kappa shape index (κ3) is 3.69. The van der Waals surface area contributed by atoms with Crippen LogP contribution in [0.15, 0.2) is 34.8 Å². The number of thiazole rings is 1. The van der Waals surface area contributed by atoms with Gasteiger partial charge in [-0.25, -0.2) is 4.98 Å². The van der Waals surface area contributed by atoms with Crippen LogP contribution in [0.5, 0.6) is 0 Å². The minimum absolute atomic E-state index is 0.103. The fourth-order valence-electron chi connectivity index (χ4n) is 2.99. The Morgan fingerprint density at radius 1 is 1.29 bits per heavy atom. The average molecular weight is 430 g/mol. The zero-order valence-electron chi connectivity index (χ0n) is 15.7. The van der Waals surface area contributed by atoms with Gasteiger partial charge in [0.05, 0.1) is 16.0 Å². The number of hydrogen-bond acceptors (Lipinski definition) is 7. The van der Waals surface area contributed by atoms with Gasteiger partial charge in [-0.1, -0.05) is 42.2 Å². The number of nitrogens with zero attached hydrogens (tertiary/aromatic N) is 4. The minimum atomic E-state index is -0.103. The second-order valence-electron chi connectivity index (χ2n) is 6.23. The van der Waals surface area contributed by atoms with E-state index in [-0.39, 0.29) is 11.7 Å². The van der Waals surface area contributed by atoms with Crippen molar-refractivity contribution in [3.05, 3.63) is 40.1 Å². The molecule has 9 heteroatoms. The Hall–Kier alpha value is -2.23. The Morgan fingerprint density at radius 3 is 2.89 bits per heavy atom. The monoisotopic (exact) mass is 429 g/mol. The summed E-state index contributed by atoms with van der Waals surface area (Å²) in [7, 11) is 1.94. The van der Waals surface area contributed by atoms with Crippen LogP contribution in [0, 0.1) is 6.92 Å². The van der Waals surface area contributed by atoms with E-state index >= 15 is 0 Å². The molecule has 0 aliphatic rings. The number of anilines is 1.